The Balaban J connectivity index is 1.98. The Morgan fingerprint density at radius 1 is 1.40 bits per heavy atom. The zero-order chi connectivity index (χ0) is 14.5. The monoisotopic (exact) mass is 273 g/mol. The average molecular weight is 273 g/mol. The highest BCUT2D eigenvalue weighted by Gasteiger charge is 2.54. The van der Waals surface area contributed by atoms with E-state index in [0.29, 0.717) is 5.69 Å². The van der Waals surface area contributed by atoms with Gasteiger partial charge in [-0.05, 0) is 26.7 Å². The van der Waals surface area contributed by atoms with Gasteiger partial charge in [0, 0.05) is 0 Å². The van der Waals surface area contributed by atoms with Crippen molar-refractivity contribution < 1.29 is 14.2 Å². The van der Waals surface area contributed by atoms with E-state index in [2.05, 4.69) is 10.9 Å². The average Bonchev–Trinajstić information content (AvgIpc) is 3.02. The second kappa shape index (κ2) is 4.32. The first-order valence-corrected chi connectivity index (χ1v) is 6.41. The molecule has 3 heterocycles. The Kier molecular flexibility index (Phi) is 2.84. The maximum atomic E-state index is 9.01. The summed E-state index contributed by atoms with van der Waals surface area (Å²) in [6, 6.07) is 1.98. The Hall–Kier alpha value is -1.86. The summed E-state index contributed by atoms with van der Waals surface area (Å²) in [6.45, 7) is 5.66. The van der Waals surface area contributed by atoms with Gasteiger partial charge in [0.05, 0.1) is 12.4 Å². The fraction of sp³-hybridized carbons (Fsp3) is 0.571. The van der Waals surface area contributed by atoms with Crippen LogP contribution in [0.4, 0.5) is 0 Å². The van der Waals surface area contributed by atoms with Gasteiger partial charge in [0.1, 0.15) is 24.0 Å². The maximum absolute atomic E-state index is 9.01. The number of hydrogen-bond acceptors (Lipinski definition) is 5. The third-order valence-corrected chi connectivity index (χ3v) is 3.57. The lowest BCUT2D eigenvalue weighted by atomic mass is 10.1. The third kappa shape index (κ3) is 1.82. The Labute approximate surface area is 117 Å². The third-order valence-electron chi connectivity index (χ3n) is 3.57. The van der Waals surface area contributed by atoms with Gasteiger partial charge >= 0.3 is 0 Å². The smallest absolute Gasteiger partial charge is 0.174 e. The number of rotatable bonds is 1. The fourth-order valence-corrected chi connectivity index (χ4v) is 2.78. The van der Waals surface area contributed by atoms with E-state index in [9.17, 15) is 0 Å². The lowest BCUT2D eigenvalue weighted by Gasteiger charge is -2.24. The van der Waals surface area contributed by atoms with Crippen molar-refractivity contribution in [2.75, 3.05) is 0 Å². The lowest BCUT2D eigenvalue weighted by molar-refractivity contribution is -0.194. The second-order valence-electron chi connectivity index (χ2n) is 5.40. The van der Waals surface area contributed by atoms with Crippen LogP contribution in [0.25, 0.3) is 0 Å². The van der Waals surface area contributed by atoms with Gasteiger partial charge < -0.3 is 14.2 Å². The van der Waals surface area contributed by atoms with Crippen LogP contribution in [0, 0.1) is 23.7 Å². The lowest BCUT2D eigenvalue weighted by Crippen LogP contribution is -2.28. The number of nitrogens with zero attached hydrogens (tertiary/aromatic N) is 3. The molecule has 2 fully saturated rings. The molecule has 0 amide bonds. The molecule has 0 N–H and O–H groups in total. The summed E-state index contributed by atoms with van der Waals surface area (Å²) in [5.74, 6) is 1.84. The van der Waals surface area contributed by atoms with Gasteiger partial charge in [-0.1, -0.05) is 0 Å². The minimum atomic E-state index is -0.652. The summed E-state index contributed by atoms with van der Waals surface area (Å²) < 4.78 is 19.3. The molecule has 0 bridgehead atoms. The second-order valence-corrected chi connectivity index (χ2v) is 5.40. The highest BCUT2D eigenvalue weighted by atomic mass is 16.8. The van der Waals surface area contributed by atoms with Crippen molar-refractivity contribution in [3.8, 4) is 18.4 Å². The molecule has 0 aromatic carbocycles. The van der Waals surface area contributed by atoms with E-state index in [-0.39, 0.29) is 24.0 Å². The molecule has 0 unspecified atom stereocenters. The van der Waals surface area contributed by atoms with Crippen molar-refractivity contribution >= 4 is 0 Å². The first kappa shape index (κ1) is 13.1. The number of nitriles is 1. The Bertz CT molecular complexity index is 623. The van der Waals surface area contributed by atoms with Crippen LogP contribution in [0.1, 0.15) is 38.4 Å². The zero-order valence-corrected chi connectivity index (χ0v) is 11.5. The van der Waals surface area contributed by atoms with Gasteiger partial charge in [0.25, 0.3) is 0 Å². The molecule has 3 rings (SSSR count). The predicted octanol–water partition coefficient (Wildman–Crippen LogP) is 1.17. The Morgan fingerprint density at radius 3 is 2.75 bits per heavy atom. The van der Waals surface area contributed by atoms with E-state index in [1.54, 1.807) is 4.57 Å². The van der Waals surface area contributed by atoms with Crippen molar-refractivity contribution in [1.82, 2.24) is 9.55 Å². The molecule has 1 aromatic heterocycles. The highest BCUT2D eigenvalue weighted by molar-refractivity contribution is 5.38. The van der Waals surface area contributed by atoms with E-state index in [4.69, 9.17) is 25.9 Å². The molecule has 0 saturated carbocycles. The van der Waals surface area contributed by atoms with Gasteiger partial charge in [-0.25, -0.2) is 4.98 Å². The minimum absolute atomic E-state index is 0.120. The number of imidazole rings is 1. The van der Waals surface area contributed by atoms with E-state index >= 15 is 0 Å². The van der Waals surface area contributed by atoms with Crippen molar-refractivity contribution in [2.24, 2.45) is 0 Å². The van der Waals surface area contributed by atoms with Crippen LogP contribution in [0.5, 0.6) is 0 Å². The first-order chi connectivity index (χ1) is 9.46. The van der Waals surface area contributed by atoms with Crippen molar-refractivity contribution in [2.45, 2.75) is 51.1 Å². The fourth-order valence-electron chi connectivity index (χ4n) is 2.78. The van der Waals surface area contributed by atoms with Gasteiger partial charge in [-0.15, -0.1) is 6.42 Å². The number of terminal acetylenes is 1. The van der Waals surface area contributed by atoms with Gasteiger partial charge in [0.2, 0.25) is 0 Å². The predicted molar refractivity (Wildman–Crippen MR) is 68.3 cm³/mol. The molecule has 0 radical (unpaired) electrons. The summed E-state index contributed by atoms with van der Waals surface area (Å²) >= 11 is 0. The van der Waals surface area contributed by atoms with Crippen molar-refractivity contribution in [3.63, 3.8) is 0 Å². The maximum Gasteiger partial charge on any atom is 0.174 e. The quantitative estimate of drug-likeness (QED) is 0.718. The molecule has 2 saturated heterocycles. The largest absolute Gasteiger partial charge is 0.349 e. The molecule has 20 heavy (non-hydrogen) atoms. The minimum Gasteiger partial charge on any atom is -0.349 e. The van der Waals surface area contributed by atoms with Gasteiger partial charge in [-0.2, -0.15) is 5.26 Å². The van der Waals surface area contributed by atoms with Crippen LogP contribution in [0.3, 0.4) is 0 Å². The SMILES string of the molecule is C#Cc1c(C#N)ncn1[C@@H]1O[C@H](C)[C@H]2OC(C)(C)O[C@H]21. The standard InChI is InChI=1S/C14H15N3O3/c1-5-10-9(6-15)16-7-17(10)13-12-11(8(2)18-13)19-14(3,4)20-12/h1,7-8,11-13H,2-4H3/t8-,11-,12-,13-/m1/s1. The van der Waals surface area contributed by atoms with Crippen LogP contribution < -0.4 is 0 Å². The molecular weight excluding hydrogens is 258 g/mol. The molecule has 0 spiro atoms. The van der Waals surface area contributed by atoms with E-state index in [0.717, 1.165) is 0 Å². The molecule has 2 aliphatic rings. The molecule has 6 nitrogen and oxygen atoms in total. The van der Waals surface area contributed by atoms with Crippen LogP contribution in [-0.2, 0) is 14.2 Å². The van der Waals surface area contributed by atoms with Crippen LogP contribution in [0.2, 0.25) is 0 Å². The molecule has 104 valence electrons. The highest BCUT2D eigenvalue weighted by Crippen LogP contribution is 2.43. The van der Waals surface area contributed by atoms with E-state index < -0.39 is 12.0 Å². The van der Waals surface area contributed by atoms with Crippen LogP contribution in [-0.4, -0.2) is 33.7 Å². The zero-order valence-electron chi connectivity index (χ0n) is 11.5. The summed E-state index contributed by atoms with van der Waals surface area (Å²) in [5.41, 5.74) is 0.615. The molecular formula is C14H15N3O3. The number of aromatic nitrogens is 2. The molecule has 4 atom stereocenters. The topological polar surface area (TPSA) is 69.3 Å². The van der Waals surface area contributed by atoms with Crippen LogP contribution >= 0.6 is 0 Å². The summed E-state index contributed by atoms with van der Waals surface area (Å²) in [6.07, 6.45) is 6.01. The van der Waals surface area contributed by atoms with Crippen molar-refractivity contribution in [3.05, 3.63) is 17.7 Å². The number of ether oxygens (including phenoxy) is 3. The molecule has 2 aliphatic heterocycles. The number of fused-ring (bicyclic) bond motifs is 1. The number of hydrogen-bond donors (Lipinski definition) is 0. The molecule has 0 aliphatic carbocycles. The van der Waals surface area contributed by atoms with Crippen molar-refractivity contribution in [1.29, 1.82) is 5.26 Å². The van der Waals surface area contributed by atoms with Gasteiger partial charge in [0.15, 0.2) is 17.7 Å². The first-order valence-electron chi connectivity index (χ1n) is 6.41. The van der Waals surface area contributed by atoms with E-state index in [1.165, 1.54) is 6.33 Å². The van der Waals surface area contributed by atoms with E-state index in [1.807, 2.05) is 26.8 Å². The molecule has 1 aromatic rings. The Morgan fingerprint density at radius 2 is 2.10 bits per heavy atom. The normalized spacial score (nSPS) is 34.5. The summed E-state index contributed by atoms with van der Waals surface area (Å²) in [7, 11) is 0. The van der Waals surface area contributed by atoms with Crippen LogP contribution in [0.15, 0.2) is 6.33 Å². The molecule has 6 heteroatoms. The summed E-state index contributed by atoms with van der Waals surface area (Å²) in [4.78, 5) is 4.01. The summed E-state index contributed by atoms with van der Waals surface area (Å²) in [5, 5.41) is 9.01. The van der Waals surface area contributed by atoms with Gasteiger partial charge in [-0.3, -0.25) is 4.57 Å².